The summed E-state index contributed by atoms with van der Waals surface area (Å²) < 4.78 is 37.4. The van der Waals surface area contributed by atoms with Crippen molar-refractivity contribution in [1.29, 1.82) is 0 Å². The first-order valence-corrected chi connectivity index (χ1v) is 6.97. The van der Waals surface area contributed by atoms with Gasteiger partial charge in [0.2, 0.25) is 0 Å². The van der Waals surface area contributed by atoms with E-state index in [0.717, 1.165) is 48.2 Å². The van der Waals surface area contributed by atoms with Gasteiger partial charge in [-0.15, -0.1) is 0 Å². The van der Waals surface area contributed by atoms with Crippen LogP contribution in [0.1, 0.15) is 30.4 Å². The molecule has 21 heavy (non-hydrogen) atoms. The average molecular weight is 295 g/mol. The standard InChI is InChI=1S/C16H19F2NO2/c1-3-6-19-9-14-7-12(11(2)21-14)10-20-16-8-13(17)4-5-15(16)18/h4-5,7-8,19H,3,6,9-10H2,1-2H3. The fourth-order valence-corrected chi connectivity index (χ4v) is 1.95. The van der Waals surface area contributed by atoms with Gasteiger partial charge in [0.05, 0.1) is 6.54 Å². The molecule has 114 valence electrons. The lowest BCUT2D eigenvalue weighted by atomic mass is 10.2. The summed E-state index contributed by atoms with van der Waals surface area (Å²) >= 11 is 0. The predicted octanol–water partition coefficient (Wildman–Crippen LogP) is 3.94. The number of aryl methyl sites for hydroxylation is 1. The SMILES string of the molecule is CCCNCc1cc(COc2cc(F)ccc2F)c(C)o1. The van der Waals surface area contributed by atoms with Crippen LogP contribution in [0, 0.1) is 18.6 Å². The molecule has 0 amide bonds. The Morgan fingerprint density at radius 1 is 1.24 bits per heavy atom. The summed E-state index contributed by atoms with van der Waals surface area (Å²) in [5.41, 5.74) is 0.826. The second-order valence-corrected chi connectivity index (χ2v) is 4.83. The minimum absolute atomic E-state index is 0.0961. The summed E-state index contributed by atoms with van der Waals surface area (Å²) in [6.45, 7) is 5.61. The maximum absolute atomic E-state index is 13.5. The molecule has 0 radical (unpaired) electrons. The van der Waals surface area contributed by atoms with Gasteiger partial charge < -0.3 is 14.5 Å². The molecule has 0 atom stereocenters. The molecule has 2 rings (SSSR count). The van der Waals surface area contributed by atoms with Crippen LogP contribution in [0.4, 0.5) is 8.78 Å². The van der Waals surface area contributed by atoms with Crippen molar-refractivity contribution < 1.29 is 17.9 Å². The van der Waals surface area contributed by atoms with Crippen LogP contribution < -0.4 is 10.1 Å². The third-order valence-electron chi connectivity index (χ3n) is 3.07. The maximum atomic E-state index is 13.5. The van der Waals surface area contributed by atoms with Crippen LogP contribution in [-0.2, 0) is 13.2 Å². The summed E-state index contributed by atoms with van der Waals surface area (Å²) in [5, 5.41) is 3.24. The van der Waals surface area contributed by atoms with Gasteiger partial charge in [0.1, 0.15) is 23.9 Å². The normalized spacial score (nSPS) is 10.9. The van der Waals surface area contributed by atoms with Crippen LogP contribution >= 0.6 is 0 Å². The van der Waals surface area contributed by atoms with Crippen molar-refractivity contribution >= 4 is 0 Å². The van der Waals surface area contributed by atoms with Gasteiger partial charge in [-0.2, -0.15) is 0 Å². The summed E-state index contributed by atoms with van der Waals surface area (Å²) in [6, 6.07) is 5.01. The highest BCUT2D eigenvalue weighted by Crippen LogP contribution is 2.21. The third-order valence-corrected chi connectivity index (χ3v) is 3.07. The largest absolute Gasteiger partial charge is 0.486 e. The highest BCUT2D eigenvalue weighted by molar-refractivity contribution is 5.26. The van der Waals surface area contributed by atoms with Crippen molar-refractivity contribution in [3.05, 3.63) is 53.0 Å². The summed E-state index contributed by atoms with van der Waals surface area (Å²) in [6.07, 6.45) is 1.05. The number of ether oxygens (including phenoxy) is 1. The van der Waals surface area contributed by atoms with Gasteiger partial charge in [0, 0.05) is 11.6 Å². The van der Waals surface area contributed by atoms with Gasteiger partial charge in [-0.3, -0.25) is 0 Å². The zero-order valence-corrected chi connectivity index (χ0v) is 12.2. The Balaban J connectivity index is 1.98. The van der Waals surface area contributed by atoms with Gasteiger partial charge in [-0.05, 0) is 38.1 Å². The molecule has 3 nitrogen and oxygen atoms in total. The molecule has 0 bridgehead atoms. The number of halogens is 2. The molecule has 1 N–H and O–H groups in total. The van der Waals surface area contributed by atoms with Crippen molar-refractivity contribution in [2.75, 3.05) is 6.54 Å². The Hall–Kier alpha value is -1.88. The lowest BCUT2D eigenvalue weighted by molar-refractivity contribution is 0.286. The lowest BCUT2D eigenvalue weighted by Gasteiger charge is -2.06. The zero-order valence-electron chi connectivity index (χ0n) is 12.2. The van der Waals surface area contributed by atoms with Crippen LogP contribution in [0.5, 0.6) is 5.75 Å². The van der Waals surface area contributed by atoms with E-state index in [-0.39, 0.29) is 12.4 Å². The van der Waals surface area contributed by atoms with E-state index in [1.54, 1.807) is 0 Å². The van der Waals surface area contributed by atoms with Crippen molar-refractivity contribution in [2.45, 2.75) is 33.4 Å². The Labute approximate surface area is 122 Å². The van der Waals surface area contributed by atoms with E-state index in [1.165, 1.54) is 0 Å². The fraction of sp³-hybridized carbons (Fsp3) is 0.375. The van der Waals surface area contributed by atoms with E-state index >= 15 is 0 Å². The summed E-state index contributed by atoms with van der Waals surface area (Å²) in [5.74, 6) is 0.322. The van der Waals surface area contributed by atoms with Crippen LogP contribution in [0.25, 0.3) is 0 Å². The van der Waals surface area contributed by atoms with E-state index in [9.17, 15) is 8.78 Å². The molecule has 1 aromatic carbocycles. The molecular formula is C16H19F2NO2. The fourth-order valence-electron chi connectivity index (χ4n) is 1.95. The highest BCUT2D eigenvalue weighted by atomic mass is 19.1. The minimum atomic E-state index is -0.581. The molecular weight excluding hydrogens is 276 g/mol. The molecule has 0 aliphatic rings. The van der Waals surface area contributed by atoms with E-state index in [4.69, 9.17) is 9.15 Å². The van der Waals surface area contributed by atoms with Crippen LogP contribution in [0.2, 0.25) is 0 Å². The number of furan rings is 1. The summed E-state index contributed by atoms with van der Waals surface area (Å²) in [4.78, 5) is 0. The first kappa shape index (κ1) is 15.5. The second kappa shape index (κ2) is 7.22. The number of hydrogen-bond donors (Lipinski definition) is 1. The van der Waals surface area contributed by atoms with E-state index in [2.05, 4.69) is 12.2 Å². The molecule has 0 fully saturated rings. The smallest absolute Gasteiger partial charge is 0.165 e. The molecule has 0 spiro atoms. The quantitative estimate of drug-likeness (QED) is 0.786. The topological polar surface area (TPSA) is 34.4 Å². The molecule has 0 unspecified atom stereocenters. The minimum Gasteiger partial charge on any atom is -0.486 e. The average Bonchev–Trinajstić information content (AvgIpc) is 2.80. The number of hydrogen-bond acceptors (Lipinski definition) is 3. The first-order valence-electron chi connectivity index (χ1n) is 6.97. The Morgan fingerprint density at radius 2 is 2.05 bits per heavy atom. The Bertz CT molecular complexity index is 596. The second-order valence-electron chi connectivity index (χ2n) is 4.83. The molecule has 2 aromatic rings. The predicted molar refractivity (Wildman–Crippen MR) is 76.1 cm³/mol. The monoisotopic (exact) mass is 295 g/mol. The molecule has 1 heterocycles. The maximum Gasteiger partial charge on any atom is 0.165 e. The number of nitrogens with one attached hydrogen (secondary N) is 1. The molecule has 5 heteroatoms. The van der Waals surface area contributed by atoms with Crippen LogP contribution in [-0.4, -0.2) is 6.54 Å². The molecule has 0 aliphatic heterocycles. The highest BCUT2D eigenvalue weighted by Gasteiger charge is 2.10. The van der Waals surface area contributed by atoms with Crippen LogP contribution in [0.3, 0.4) is 0 Å². The first-order chi connectivity index (χ1) is 10.1. The summed E-state index contributed by atoms with van der Waals surface area (Å²) in [7, 11) is 0. The molecule has 0 saturated heterocycles. The van der Waals surface area contributed by atoms with E-state index in [1.807, 2.05) is 13.0 Å². The molecule has 0 aliphatic carbocycles. The van der Waals surface area contributed by atoms with Gasteiger partial charge in [0.25, 0.3) is 0 Å². The van der Waals surface area contributed by atoms with Crippen molar-refractivity contribution in [2.24, 2.45) is 0 Å². The van der Waals surface area contributed by atoms with Crippen molar-refractivity contribution in [1.82, 2.24) is 5.32 Å². The van der Waals surface area contributed by atoms with Gasteiger partial charge in [-0.25, -0.2) is 8.78 Å². The van der Waals surface area contributed by atoms with E-state index < -0.39 is 11.6 Å². The molecule has 0 saturated carbocycles. The third kappa shape index (κ3) is 4.29. The Kier molecular flexibility index (Phi) is 5.33. The number of benzene rings is 1. The van der Waals surface area contributed by atoms with Gasteiger partial charge in [-0.1, -0.05) is 6.92 Å². The van der Waals surface area contributed by atoms with Crippen LogP contribution in [0.15, 0.2) is 28.7 Å². The van der Waals surface area contributed by atoms with Crippen molar-refractivity contribution in [3.8, 4) is 5.75 Å². The van der Waals surface area contributed by atoms with Crippen molar-refractivity contribution in [3.63, 3.8) is 0 Å². The molecule has 1 aromatic heterocycles. The zero-order chi connectivity index (χ0) is 15.2. The Morgan fingerprint density at radius 3 is 2.81 bits per heavy atom. The van der Waals surface area contributed by atoms with E-state index in [0.29, 0.717) is 6.54 Å². The lowest BCUT2D eigenvalue weighted by Crippen LogP contribution is -2.13. The van der Waals surface area contributed by atoms with Gasteiger partial charge in [0.15, 0.2) is 11.6 Å². The van der Waals surface area contributed by atoms with Gasteiger partial charge >= 0.3 is 0 Å². The number of rotatable bonds is 7.